The first-order valence-electron chi connectivity index (χ1n) is 7.34. The van der Waals surface area contributed by atoms with Crippen LogP contribution in [0.1, 0.15) is 31.7 Å². The topological polar surface area (TPSA) is 12.0 Å². The van der Waals surface area contributed by atoms with Gasteiger partial charge in [0.2, 0.25) is 0 Å². The lowest BCUT2D eigenvalue weighted by molar-refractivity contribution is 0.336. The molecule has 1 aromatic rings. The van der Waals surface area contributed by atoms with Crippen molar-refractivity contribution in [2.24, 2.45) is 17.8 Å². The van der Waals surface area contributed by atoms with E-state index in [0.717, 1.165) is 40.8 Å². The lowest BCUT2D eigenvalue weighted by Crippen LogP contribution is -2.37. The lowest BCUT2D eigenvalue weighted by atomic mass is 9.89. The van der Waals surface area contributed by atoms with Crippen LogP contribution in [-0.4, -0.2) is 12.6 Å². The summed E-state index contributed by atoms with van der Waals surface area (Å²) in [5.41, 5.74) is 1.09. The van der Waals surface area contributed by atoms with E-state index in [1.54, 1.807) is 6.07 Å². The molecule has 0 bridgehead atoms. The van der Waals surface area contributed by atoms with E-state index in [2.05, 4.69) is 28.2 Å². The number of halogens is 2. The smallest absolute Gasteiger partial charge is 0.123 e. The standard InChI is InChI=1S/C16H21BrFN/c1-2-19-16(13-6-10-5-11(10)7-13)9-12-8-14(18)3-4-15(12)17/h3-4,8,10-11,13,16,19H,2,5-7,9H2,1H3. The van der Waals surface area contributed by atoms with Crippen molar-refractivity contribution in [3.63, 3.8) is 0 Å². The molecule has 2 aliphatic carbocycles. The fourth-order valence-corrected chi connectivity index (χ4v) is 4.10. The predicted octanol–water partition coefficient (Wildman–Crippen LogP) is 4.15. The minimum absolute atomic E-state index is 0.136. The number of hydrogen-bond donors (Lipinski definition) is 1. The van der Waals surface area contributed by atoms with Gasteiger partial charge in [0, 0.05) is 10.5 Å². The van der Waals surface area contributed by atoms with Crippen LogP contribution in [0.25, 0.3) is 0 Å². The van der Waals surface area contributed by atoms with Gasteiger partial charge in [-0.25, -0.2) is 4.39 Å². The minimum atomic E-state index is -0.136. The van der Waals surface area contributed by atoms with E-state index >= 15 is 0 Å². The van der Waals surface area contributed by atoms with Crippen LogP contribution in [0.2, 0.25) is 0 Å². The van der Waals surface area contributed by atoms with Crippen molar-refractivity contribution in [2.45, 2.75) is 38.6 Å². The summed E-state index contributed by atoms with van der Waals surface area (Å²) in [4.78, 5) is 0. The second-order valence-electron chi connectivity index (χ2n) is 6.09. The van der Waals surface area contributed by atoms with Crippen LogP contribution in [0.15, 0.2) is 22.7 Å². The summed E-state index contributed by atoms with van der Waals surface area (Å²) < 4.78 is 14.4. The molecule has 3 unspecified atom stereocenters. The van der Waals surface area contributed by atoms with Crippen molar-refractivity contribution in [3.05, 3.63) is 34.1 Å². The second-order valence-corrected chi connectivity index (χ2v) is 6.95. The number of hydrogen-bond acceptors (Lipinski definition) is 1. The van der Waals surface area contributed by atoms with Crippen LogP contribution in [0, 0.1) is 23.6 Å². The molecule has 19 heavy (non-hydrogen) atoms. The van der Waals surface area contributed by atoms with Crippen LogP contribution >= 0.6 is 15.9 Å². The molecule has 0 spiro atoms. The number of fused-ring (bicyclic) bond motifs is 1. The quantitative estimate of drug-likeness (QED) is 0.857. The Bertz CT molecular complexity index is 452. The predicted molar refractivity (Wildman–Crippen MR) is 79.6 cm³/mol. The number of benzene rings is 1. The Morgan fingerprint density at radius 1 is 1.32 bits per heavy atom. The molecule has 0 saturated heterocycles. The van der Waals surface area contributed by atoms with Crippen LogP contribution in [0.4, 0.5) is 4.39 Å². The monoisotopic (exact) mass is 325 g/mol. The average molecular weight is 326 g/mol. The maximum Gasteiger partial charge on any atom is 0.123 e. The maximum atomic E-state index is 13.4. The first kappa shape index (κ1) is 13.6. The summed E-state index contributed by atoms with van der Waals surface area (Å²) >= 11 is 3.54. The first-order chi connectivity index (χ1) is 9.17. The van der Waals surface area contributed by atoms with Gasteiger partial charge in [-0.2, -0.15) is 0 Å². The fourth-order valence-electron chi connectivity index (χ4n) is 3.69. The first-order valence-corrected chi connectivity index (χ1v) is 8.14. The van der Waals surface area contributed by atoms with Gasteiger partial charge in [0.05, 0.1) is 0 Å². The third kappa shape index (κ3) is 3.03. The SMILES string of the molecule is CCNC(Cc1cc(F)ccc1Br)C1CC2CC2C1. The third-order valence-electron chi connectivity index (χ3n) is 4.76. The summed E-state index contributed by atoms with van der Waals surface area (Å²) in [6, 6.07) is 5.50. The Labute approximate surface area is 123 Å². The minimum Gasteiger partial charge on any atom is -0.314 e. The highest BCUT2D eigenvalue weighted by atomic mass is 79.9. The molecule has 1 N–H and O–H groups in total. The highest BCUT2D eigenvalue weighted by Crippen LogP contribution is 2.55. The molecule has 1 aromatic carbocycles. The summed E-state index contributed by atoms with van der Waals surface area (Å²) in [5, 5.41) is 3.62. The molecule has 3 atom stereocenters. The van der Waals surface area contributed by atoms with E-state index in [0.29, 0.717) is 6.04 Å². The molecule has 0 amide bonds. The summed E-state index contributed by atoms with van der Waals surface area (Å²) in [6.07, 6.45) is 5.12. The van der Waals surface area contributed by atoms with Gasteiger partial charge in [-0.1, -0.05) is 22.9 Å². The number of likely N-dealkylation sites (N-methyl/N-ethyl adjacent to an activating group) is 1. The number of nitrogens with one attached hydrogen (secondary N) is 1. The highest BCUT2D eigenvalue weighted by Gasteiger charge is 2.47. The molecule has 1 nitrogen and oxygen atoms in total. The van der Waals surface area contributed by atoms with Crippen molar-refractivity contribution < 1.29 is 4.39 Å². The van der Waals surface area contributed by atoms with E-state index in [4.69, 9.17) is 0 Å². The third-order valence-corrected chi connectivity index (χ3v) is 5.54. The normalized spacial score (nSPS) is 30.2. The zero-order valence-corrected chi connectivity index (χ0v) is 12.9. The van der Waals surface area contributed by atoms with Crippen molar-refractivity contribution in [3.8, 4) is 0 Å². The zero-order chi connectivity index (χ0) is 13.4. The molecule has 3 rings (SSSR count). The Hall–Kier alpha value is -0.410. The van der Waals surface area contributed by atoms with E-state index in [1.807, 2.05) is 6.07 Å². The molecule has 0 aliphatic heterocycles. The maximum absolute atomic E-state index is 13.4. The van der Waals surface area contributed by atoms with E-state index in [1.165, 1.54) is 25.3 Å². The Morgan fingerprint density at radius 3 is 2.74 bits per heavy atom. The van der Waals surface area contributed by atoms with E-state index in [9.17, 15) is 4.39 Å². The van der Waals surface area contributed by atoms with Crippen LogP contribution in [-0.2, 0) is 6.42 Å². The zero-order valence-electron chi connectivity index (χ0n) is 11.3. The van der Waals surface area contributed by atoms with Crippen LogP contribution in [0.5, 0.6) is 0 Å². The summed E-state index contributed by atoms with van der Waals surface area (Å²) in [6.45, 7) is 3.15. The molecule has 2 aliphatic rings. The van der Waals surface area contributed by atoms with Gasteiger partial charge in [-0.15, -0.1) is 0 Å². The lowest BCUT2D eigenvalue weighted by Gasteiger charge is -2.26. The largest absolute Gasteiger partial charge is 0.314 e. The van der Waals surface area contributed by atoms with Crippen LogP contribution < -0.4 is 5.32 Å². The summed E-state index contributed by atoms with van der Waals surface area (Å²) in [7, 11) is 0. The fraction of sp³-hybridized carbons (Fsp3) is 0.625. The van der Waals surface area contributed by atoms with Gasteiger partial charge in [0.25, 0.3) is 0 Å². The van der Waals surface area contributed by atoms with Gasteiger partial charge >= 0.3 is 0 Å². The van der Waals surface area contributed by atoms with Gasteiger partial charge in [-0.05, 0) is 73.7 Å². The molecule has 0 aromatic heterocycles. The molecule has 2 saturated carbocycles. The van der Waals surface area contributed by atoms with E-state index < -0.39 is 0 Å². The van der Waals surface area contributed by atoms with Gasteiger partial charge in [0.15, 0.2) is 0 Å². The molecule has 0 radical (unpaired) electrons. The highest BCUT2D eigenvalue weighted by molar-refractivity contribution is 9.10. The Morgan fingerprint density at radius 2 is 2.05 bits per heavy atom. The molecular formula is C16H21BrFN. The molecule has 104 valence electrons. The van der Waals surface area contributed by atoms with Crippen molar-refractivity contribution in [1.29, 1.82) is 0 Å². The average Bonchev–Trinajstić information content (AvgIpc) is 3.00. The molecular weight excluding hydrogens is 305 g/mol. The second kappa shape index (κ2) is 5.53. The van der Waals surface area contributed by atoms with Gasteiger partial charge in [-0.3, -0.25) is 0 Å². The molecule has 3 heteroatoms. The molecule has 0 heterocycles. The molecule has 2 fully saturated rings. The van der Waals surface area contributed by atoms with Crippen molar-refractivity contribution >= 4 is 15.9 Å². The summed E-state index contributed by atoms with van der Waals surface area (Å²) in [5.74, 6) is 2.64. The van der Waals surface area contributed by atoms with Crippen molar-refractivity contribution in [2.75, 3.05) is 6.54 Å². The number of rotatable bonds is 5. The van der Waals surface area contributed by atoms with E-state index in [-0.39, 0.29) is 5.82 Å². The Balaban J connectivity index is 1.71. The van der Waals surface area contributed by atoms with Gasteiger partial charge < -0.3 is 5.32 Å². The van der Waals surface area contributed by atoms with Crippen molar-refractivity contribution in [1.82, 2.24) is 5.32 Å². The van der Waals surface area contributed by atoms with Gasteiger partial charge in [0.1, 0.15) is 5.82 Å². The Kier molecular flexibility index (Phi) is 3.95. The van der Waals surface area contributed by atoms with Crippen LogP contribution in [0.3, 0.4) is 0 Å².